The van der Waals surface area contributed by atoms with Gasteiger partial charge in [0, 0.05) is 12.1 Å². The first-order chi connectivity index (χ1) is 8.20. The van der Waals surface area contributed by atoms with Crippen LogP contribution in [0.1, 0.15) is 65.2 Å². The predicted octanol–water partition coefficient (Wildman–Crippen LogP) is 3.42. The Morgan fingerprint density at radius 3 is 2.41 bits per heavy atom. The van der Waals surface area contributed by atoms with Crippen LogP contribution in [0.4, 0.5) is 0 Å². The fraction of sp³-hybridized carbons (Fsp3) is 1.00. The maximum absolute atomic E-state index is 3.48. The van der Waals surface area contributed by atoms with Gasteiger partial charge in [-0.3, -0.25) is 0 Å². The van der Waals surface area contributed by atoms with Crippen molar-refractivity contribution in [1.82, 2.24) is 10.2 Å². The van der Waals surface area contributed by atoms with Crippen LogP contribution in [0.25, 0.3) is 0 Å². The summed E-state index contributed by atoms with van der Waals surface area (Å²) in [5.41, 5.74) is 0. The fourth-order valence-electron chi connectivity index (χ4n) is 2.76. The van der Waals surface area contributed by atoms with Crippen LogP contribution in [0.3, 0.4) is 0 Å². The number of rotatable bonds is 8. The summed E-state index contributed by atoms with van der Waals surface area (Å²) in [6.07, 6.45) is 11.3. The maximum Gasteiger partial charge on any atom is 0.00922 e. The molecule has 0 amide bonds. The van der Waals surface area contributed by atoms with E-state index in [-0.39, 0.29) is 0 Å². The number of nitrogens with zero attached hydrogens (tertiary/aromatic N) is 1. The van der Waals surface area contributed by atoms with E-state index in [0.717, 1.165) is 6.04 Å². The zero-order chi connectivity index (χ0) is 12.5. The normalized spacial score (nSPS) is 18.2. The van der Waals surface area contributed by atoms with E-state index in [1.807, 2.05) is 0 Å². The van der Waals surface area contributed by atoms with E-state index in [1.165, 1.54) is 64.5 Å². The molecule has 0 atom stereocenters. The molecule has 102 valence electrons. The summed E-state index contributed by atoms with van der Waals surface area (Å²) in [6, 6.07) is 1.53. The third-order valence-corrected chi connectivity index (χ3v) is 3.94. The lowest BCUT2D eigenvalue weighted by atomic mass is 9.94. The SMILES string of the molecule is CC(C)NCCCCCN(C)C1CCCCC1. The molecule has 0 spiro atoms. The highest BCUT2D eigenvalue weighted by Gasteiger charge is 2.16. The van der Waals surface area contributed by atoms with Gasteiger partial charge >= 0.3 is 0 Å². The molecule has 1 N–H and O–H groups in total. The summed E-state index contributed by atoms with van der Waals surface area (Å²) < 4.78 is 0. The lowest BCUT2D eigenvalue weighted by Gasteiger charge is -2.31. The Morgan fingerprint density at radius 1 is 1.06 bits per heavy atom. The second-order valence-corrected chi connectivity index (χ2v) is 5.94. The molecule has 1 saturated carbocycles. The largest absolute Gasteiger partial charge is 0.315 e. The highest BCUT2D eigenvalue weighted by Crippen LogP contribution is 2.21. The minimum Gasteiger partial charge on any atom is -0.315 e. The van der Waals surface area contributed by atoms with Crippen molar-refractivity contribution in [3.05, 3.63) is 0 Å². The van der Waals surface area contributed by atoms with Gasteiger partial charge in [-0.05, 0) is 45.8 Å². The molecule has 0 unspecified atom stereocenters. The van der Waals surface area contributed by atoms with Crippen molar-refractivity contribution in [2.45, 2.75) is 77.3 Å². The molecular formula is C15H32N2. The Morgan fingerprint density at radius 2 is 1.76 bits per heavy atom. The van der Waals surface area contributed by atoms with Crippen LogP contribution in [0, 0.1) is 0 Å². The number of nitrogens with one attached hydrogen (secondary N) is 1. The third kappa shape index (κ3) is 7.05. The van der Waals surface area contributed by atoms with Crippen LogP contribution in [0.15, 0.2) is 0 Å². The Hall–Kier alpha value is -0.0800. The van der Waals surface area contributed by atoms with Crippen molar-refractivity contribution in [1.29, 1.82) is 0 Å². The van der Waals surface area contributed by atoms with E-state index in [2.05, 4.69) is 31.1 Å². The van der Waals surface area contributed by atoms with Gasteiger partial charge < -0.3 is 10.2 Å². The molecule has 0 aromatic heterocycles. The van der Waals surface area contributed by atoms with Crippen molar-refractivity contribution in [3.63, 3.8) is 0 Å². The van der Waals surface area contributed by atoms with Gasteiger partial charge in [-0.25, -0.2) is 0 Å². The third-order valence-electron chi connectivity index (χ3n) is 3.94. The molecule has 0 aromatic rings. The predicted molar refractivity (Wildman–Crippen MR) is 76.5 cm³/mol. The molecular weight excluding hydrogens is 208 g/mol. The second kappa shape index (κ2) is 8.93. The van der Waals surface area contributed by atoms with E-state index in [9.17, 15) is 0 Å². The average molecular weight is 240 g/mol. The van der Waals surface area contributed by atoms with Gasteiger partial charge in [-0.2, -0.15) is 0 Å². The Labute approximate surface area is 108 Å². The summed E-state index contributed by atoms with van der Waals surface area (Å²) in [4.78, 5) is 2.61. The highest BCUT2D eigenvalue weighted by atomic mass is 15.1. The number of hydrogen-bond acceptors (Lipinski definition) is 2. The van der Waals surface area contributed by atoms with Crippen molar-refractivity contribution in [2.75, 3.05) is 20.1 Å². The summed E-state index contributed by atoms with van der Waals surface area (Å²) >= 11 is 0. The molecule has 1 fully saturated rings. The smallest absolute Gasteiger partial charge is 0.00922 e. The molecule has 0 aromatic carbocycles. The molecule has 2 heteroatoms. The zero-order valence-electron chi connectivity index (χ0n) is 12.2. The first kappa shape index (κ1) is 15.0. The molecule has 1 rings (SSSR count). The highest BCUT2D eigenvalue weighted by molar-refractivity contribution is 4.73. The molecule has 0 bridgehead atoms. The Bertz CT molecular complexity index is 174. The van der Waals surface area contributed by atoms with Crippen molar-refractivity contribution in [3.8, 4) is 0 Å². The lowest BCUT2D eigenvalue weighted by Crippen LogP contribution is -2.34. The summed E-state index contributed by atoms with van der Waals surface area (Å²) in [6.45, 7) is 6.92. The van der Waals surface area contributed by atoms with Crippen LogP contribution in [0.5, 0.6) is 0 Å². The lowest BCUT2D eigenvalue weighted by molar-refractivity contribution is 0.188. The van der Waals surface area contributed by atoms with E-state index < -0.39 is 0 Å². The monoisotopic (exact) mass is 240 g/mol. The second-order valence-electron chi connectivity index (χ2n) is 5.94. The topological polar surface area (TPSA) is 15.3 Å². The summed E-state index contributed by atoms with van der Waals surface area (Å²) in [5.74, 6) is 0. The first-order valence-corrected chi connectivity index (χ1v) is 7.64. The standard InChI is InChI=1S/C15H32N2/c1-14(2)16-12-8-5-9-13-17(3)15-10-6-4-7-11-15/h14-16H,4-13H2,1-3H3. The first-order valence-electron chi connectivity index (χ1n) is 7.64. The van der Waals surface area contributed by atoms with E-state index in [0.29, 0.717) is 6.04 Å². The molecule has 1 aliphatic rings. The van der Waals surface area contributed by atoms with Crippen molar-refractivity contribution >= 4 is 0 Å². The summed E-state index contributed by atoms with van der Waals surface area (Å²) in [5, 5.41) is 3.48. The van der Waals surface area contributed by atoms with Crippen LogP contribution in [-0.2, 0) is 0 Å². The number of unbranched alkanes of at least 4 members (excludes halogenated alkanes) is 2. The van der Waals surface area contributed by atoms with Crippen LogP contribution in [0.2, 0.25) is 0 Å². The fourth-order valence-corrected chi connectivity index (χ4v) is 2.76. The quantitative estimate of drug-likeness (QED) is 0.654. The molecule has 2 nitrogen and oxygen atoms in total. The van der Waals surface area contributed by atoms with Gasteiger partial charge in [-0.15, -0.1) is 0 Å². The molecule has 0 radical (unpaired) electrons. The minimum absolute atomic E-state index is 0.639. The number of hydrogen-bond donors (Lipinski definition) is 1. The van der Waals surface area contributed by atoms with Crippen LogP contribution >= 0.6 is 0 Å². The molecule has 1 aliphatic carbocycles. The van der Waals surface area contributed by atoms with Gasteiger partial charge in [0.2, 0.25) is 0 Å². The van der Waals surface area contributed by atoms with E-state index in [4.69, 9.17) is 0 Å². The zero-order valence-corrected chi connectivity index (χ0v) is 12.2. The van der Waals surface area contributed by atoms with Gasteiger partial charge in [-0.1, -0.05) is 39.5 Å². The van der Waals surface area contributed by atoms with Gasteiger partial charge in [0.05, 0.1) is 0 Å². The van der Waals surface area contributed by atoms with Crippen LogP contribution in [-0.4, -0.2) is 37.1 Å². The Balaban J connectivity index is 1.94. The molecule has 0 saturated heterocycles. The summed E-state index contributed by atoms with van der Waals surface area (Å²) in [7, 11) is 2.32. The molecule has 17 heavy (non-hydrogen) atoms. The minimum atomic E-state index is 0.639. The van der Waals surface area contributed by atoms with E-state index >= 15 is 0 Å². The molecule has 0 heterocycles. The van der Waals surface area contributed by atoms with Crippen molar-refractivity contribution < 1.29 is 0 Å². The maximum atomic E-state index is 3.48. The van der Waals surface area contributed by atoms with Crippen LogP contribution < -0.4 is 5.32 Å². The average Bonchev–Trinajstić information content (AvgIpc) is 2.34. The van der Waals surface area contributed by atoms with Gasteiger partial charge in [0.25, 0.3) is 0 Å². The van der Waals surface area contributed by atoms with Gasteiger partial charge in [0.15, 0.2) is 0 Å². The van der Waals surface area contributed by atoms with Crippen molar-refractivity contribution in [2.24, 2.45) is 0 Å². The Kier molecular flexibility index (Phi) is 7.87. The van der Waals surface area contributed by atoms with E-state index in [1.54, 1.807) is 0 Å². The molecule has 0 aliphatic heterocycles. The van der Waals surface area contributed by atoms with Gasteiger partial charge in [0.1, 0.15) is 0 Å².